The van der Waals surface area contributed by atoms with E-state index in [0.717, 1.165) is 17.9 Å². The highest BCUT2D eigenvalue weighted by Gasteiger charge is 2.23. The average Bonchev–Trinajstić information content (AvgIpc) is 3.16. The largest absolute Gasteiger partial charge is 0.327 e. The van der Waals surface area contributed by atoms with E-state index in [2.05, 4.69) is 96.4 Å². The van der Waals surface area contributed by atoms with Crippen molar-refractivity contribution in [3.63, 3.8) is 0 Å². The Labute approximate surface area is 180 Å². The van der Waals surface area contributed by atoms with Gasteiger partial charge in [-0.25, -0.2) is 4.98 Å². The predicted molar refractivity (Wildman–Crippen MR) is 127 cm³/mol. The first-order valence-corrected chi connectivity index (χ1v) is 11.4. The van der Waals surface area contributed by atoms with E-state index in [0.29, 0.717) is 0 Å². The van der Waals surface area contributed by atoms with Crippen LogP contribution in [0, 0.1) is 0 Å². The summed E-state index contributed by atoms with van der Waals surface area (Å²) in [6.07, 6.45) is 7.82. The molecular formula is C28H32N2. The zero-order valence-electron chi connectivity index (χ0n) is 18.0. The molecule has 2 heteroatoms. The minimum Gasteiger partial charge on any atom is -0.327 e. The van der Waals surface area contributed by atoms with Crippen LogP contribution in [-0.4, -0.2) is 9.55 Å². The van der Waals surface area contributed by atoms with Gasteiger partial charge in [-0.3, -0.25) is 0 Å². The van der Waals surface area contributed by atoms with Crippen LogP contribution in [0.5, 0.6) is 0 Å². The molecule has 0 amide bonds. The zero-order chi connectivity index (χ0) is 20.6. The van der Waals surface area contributed by atoms with Crippen LogP contribution in [0.25, 0.3) is 11.0 Å². The van der Waals surface area contributed by atoms with Crippen LogP contribution in [0.3, 0.4) is 0 Å². The highest BCUT2D eigenvalue weighted by molar-refractivity contribution is 5.76. The Morgan fingerprint density at radius 3 is 1.90 bits per heavy atom. The molecule has 0 bridgehead atoms. The smallest absolute Gasteiger partial charge is 0.121 e. The number of hydrogen-bond donors (Lipinski definition) is 0. The Kier molecular flexibility index (Phi) is 6.97. The summed E-state index contributed by atoms with van der Waals surface area (Å²) in [7, 11) is 0. The van der Waals surface area contributed by atoms with Crippen molar-refractivity contribution < 1.29 is 0 Å². The van der Waals surface area contributed by atoms with Crippen molar-refractivity contribution >= 4 is 11.0 Å². The summed E-state index contributed by atoms with van der Waals surface area (Å²) in [5, 5.41) is 0. The van der Waals surface area contributed by atoms with Gasteiger partial charge in [0.2, 0.25) is 0 Å². The molecule has 0 fully saturated rings. The van der Waals surface area contributed by atoms with Crippen molar-refractivity contribution in [1.82, 2.24) is 9.55 Å². The first kappa shape index (κ1) is 20.4. The van der Waals surface area contributed by atoms with Crippen LogP contribution in [0.2, 0.25) is 0 Å². The molecule has 0 aliphatic carbocycles. The number of fused-ring (bicyclic) bond motifs is 1. The topological polar surface area (TPSA) is 17.8 Å². The minimum absolute atomic E-state index is 0.139. The summed E-state index contributed by atoms with van der Waals surface area (Å²) >= 11 is 0. The summed E-state index contributed by atoms with van der Waals surface area (Å²) < 4.78 is 2.47. The third-order valence-corrected chi connectivity index (χ3v) is 5.94. The van der Waals surface area contributed by atoms with E-state index < -0.39 is 0 Å². The van der Waals surface area contributed by atoms with Crippen molar-refractivity contribution in [2.24, 2.45) is 0 Å². The minimum atomic E-state index is 0.139. The Bertz CT molecular complexity index is 995. The molecule has 0 unspecified atom stereocenters. The number of rotatable bonds is 10. The van der Waals surface area contributed by atoms with Gasteiger partial charge in [0, 0.05) is 6.54 Å². The molecule has 154 valence electrons. The fourth-order valence-corrected chi connectivity index (χ4v) is 4.38. The Hall–Kier alpha value is -2.87. The maximum atomic E-state index is 5.16. The van der Waals surface area contributed by atoms with E-state index in [1.165, 1.54) is 55.2 Å². The Morgan fingerprint density at radius 1 is 0.667 bits per heavy atom. The lowest BCUT2D eigenvalue weighted by molar-refractivity contribution is 0.551. The van der Waals surface area contributed by atoms with Crippen LogP contribution in [0.4, 0.5) is 0 Å². The molecule has 0 spiro atoms. The van der Waals surface area contributed by atoms with Gasteiger partial charge in [0.25, 0.3) is 0 Å². The summed E-state index contributed by atoms with van der Waals surface area (Å²) in [4.78, 5) is 5.16. The van der Waals surface area contributed by atoms with Gasteiger partial charge in [0.1, 0.15) is 5.82 Å². The van der Waals surface area contributed by atoms with Gasteiger partial charge < -0.3 is 4.57 Å². The molecule has 0 saturated carbocycles. The van der Waals surface area contributed by atoms with E-state index >= 15 is 0 Å². The summed E-state index contributed by atoms with van der Waals surface area (Å²) in [6.45, 7) is 3.30. The molecule has 0 aliphatic rings. The average molecular weight is 397 g/mol. The molecule has 0 saturated heterocycles. The van der Waals surface area contributed by atoms with Gasteiger partial charge in [-0.1, -0.05) is 112 Å². The maximum absolute atomic E-state index is 5.16. The molecule has 4 rings (SSSR count). The van der Waals surface area contributed by atoms with Crippen molar-refractivity contribution in [3.8, 4) is 0 Å². The fourth-order valence-electron chi connectivity index (χ4n) is 4.38. The van der Waals surface area contributed by atoms with E-state index in [1.54, 1.807) is 0 Å². The van der Waals surface area contributed by atoms with Gasteiger partial charge in [0.05, 0.1) is 17.0 Å². The van der Waals surface area contributed by atoms with E-state index in [9.17, 15) is 0 Å². The highest BCUT2D eigenvalue weighted by Crippen LogP contribution is 2.33. The highest BCUT2D eigenvalue weighted by atomic mass is 15.1. The number of nitrogens with zero attached hydrogens (tertiary/aromatic N) is 2. The molecule has 3 aromatic carbocycles. The van der Waals surface area contributed by atoms with Crippen LogP contribution < -0.4 is 0 Å². The SMILES string of the molecule is CCCCCCCCn1c(C(c2ccccc2)c2ccccc2)nc2ccccc21. The van der Waals surface area contributed by atoms with Gasteiger partial charge in [0.15, 0.2) is 0 Å². The van der Waals surface area contributed by atoms with Crippen LogP contribution in [0.1, 0.15) is 68.3 Å². The summed E-state index contributed by atoms with van der Waals surface area (Å²) in [5.74, 6) is 1.29. The van der Waals surface area contributed by atoms with E-state index in [4.69, 9.17) is 4.98 Å². The van der Waals surface area contributed by atoms with E-state index in [1.807, 2.05) is 0 Å². The number of imidazole rings is 1. The van der Waals surface area contributed by atoms with Crippen molar-refractivity contribution in [2.75, 3.05) is 0 Å². The second-order valence-electron chi connectivity index (χ2n) is 8.13. The lowest BCUT2D eigenvalue weighted by Gasteiger charge is -2.20. The van der Waals surface area contributed by atoms with Gasteiger partial charge >= 0.3 is 0 Å². The van der Waals surface area contributed by atoms with Crippen LogP contribution >= 0.6 is 0 Å². The normalized spacial score (nSPS) is 11.4. The fraction of sp³-hybridized carbons (Fsp3) is 0.321. The summed E-state index contributed by atoms with van der Waals surface area (Å²) in [6, 6.07) is 30.2. The molecule has 1 aromatic heterocycles. The second-order valence-corrected chi connectivity index (χ2v) is 8.13. The molecular weight excluding hydrogens is 364 g/mol. The Balaban J connectivity index is 1.71. The van der Waals surface area contributed by atoms with Gasteiger partial charge in [-0.05, 0) is 29.7 Å². The number of aromatic nitrogens is 2. The molecule has 1 heterocycles. The third kappa shape index (κ3) is 4.64. The number of unbranched alkanes of at least 4 members (excludes halogenated alkanes) is 5. The van der Waals surface area contributed by atoms with Gasteiger partial charge in [-0.2, -0.15) is 0 Å². The monoisotopic (exact) mass is 396 g/mol. The first-order valence-electron chi connectivity index (χ1n) is 11.4. The second kappa shape index (κ2) is 10.2. The first-order chi connectivity index (χ1) is 14.9. The van der Waals surface area contributed by atoms with Gasteiger partial charge in [-0.15, -0.1) is 0 Å². The van der Waals surface area contributed by atoms with Crippen molar-refractivity contribution in [2.45, 2.75) is 57.9 Å². The lowest BCUT2D eigenvalue weighted by atomic mass is 9.90. The number of benzene rings is 3. The predicted octanol–water partition coefficient (Wildman–Crippen LogP) is 7.58. The molecule has 2 nitrogen and oxygen atoms in total. The molecule has 0 radical (unpaired) electrons. The van der Waals surface area contributed by atoms with Crippen molar-refractivity contribution in [3.05, 3.63) is 102 Å². The van der Waals surface area contributed by atoms with Crippen LogP contribution in [0.15, 0.2) is 84.9 Å². The maximum Gasteiger partial charge on any atom is 0.121 e. The summed E-state index contributed by atoms with van der Waals surface area (Å²) in [5.41, 5.74) is 4.93. The molecule has 30 heavy (non-hydrogen) atoms. The number of aryl methyl sites for hydroxylation is 1. The van der Waals surface area contributed by atoms with E-state index in [-0.39, 0.29) is 5.92 Å². The number of hydrogen-bond acceptors (Lipinski definition) is 1. The Morgan fingerprint density at radius 2 is 1.23 bits per heavy atom. The molecule has 0 aliphatic heterocycles. The van der Waals surface area contributed by atoms with Crippen molar-refractivity contribution in [1.29, 1.82) is 0 Å². The third-order valence-electron chi connectivity index (χ3n) is 5.94. The number of para-hydroxylation sites is 2. The molecule has 0 atom stereocenters. The standard InChI is InChI=1S/C28H32N2/c1-2-3-4-5-6-15-22-30-26-21-14-13-20-25(26)29-28(30)27(23-16-9-7-10-17-23)24-18-11-8-12-19-24/h7-14,16-21,27H,2-6,15,22H2,1H3. The molecule has 4 aromatic rings. The van der Waals surface area contributed by atoms with Crippen LogP contribution in [-0.2, 0) is 6.54 Å². The zero-order valence-corrected chi connectivity index (χ0v) is 18.0. The lowest BCUT2D eigenvalue weighted by Crippen LogP contribution is -2.12. The molecule has 0 N–H and O–H groups in total. The quantitative estimate of drug-likeness (QED) is 0.253.